The van der Waals surface area contributed by atoms with E-state index in [1.165, 1.54) is 0 Å². The van der Waals surface area contributed by atoms with Crippen LogP contribution in [0, 0.1) is 12.8 Å². The molecule has 0 amide bonds. The zero-order valence-electron chi connectivity index (χ0n) is 8.41. The molecule has 0 fully saturated rings. The minimum absolute atomic E-state index is 0.458. The molecular weight excluding hydrogens is 248 g/mol. The quantitative estimate of drug-likeness (QED) is 0.781. The zero-order chi connectivity index (χ0) is 10.0. The Balaban J connectivity index is 2.88. The van der Waals surface area contributed by atoms with Crippen LogP contribution in [0.3, 0.4) is 0 Å². The van der Waals surface area contributed by atoms with Gasteiger partial charge in [-0.1, -0.05) is 36.7 Å². The van der Waals surface area contributed by atoms with Crippen LogP contribution < -0.4 is 0 Å². The Morgan fingerprint density at radius 1 is 1.23 bits per heavy atom. The lowest BCUT2D eigenvalue weighted by Gasteiger charge is -2.20. The van der Waals surface area contributed by atoms with E-state index >= 15 is 0 Å². The normalized spacial score (nSPS) is 16.2. The molecule has 0 aliphatic heterocycles. The summed E-state index contributed by atoms with van der Waals surface area (Å²) in [6.07, 6.45) is 0. The molecule has 1 aromatic rings. The summed E-state index contributed by atoms with van der Waals surface area (Å²) in [7, 11) is 0. The molecule has 4 heteroatoms. The van der Waals surface area contributed by atoms with Gasteiger partial charge in [-0.05, 0) is 12.8 Å². The highest BCUT2D eigenvalue weighted by molar-refractivity contribution is 9.09. The fourth-order valence-corrected chi connectivity index (χ4v) is 3.57. The maximum atomic E-state index is 4.20. The molecule has 0 aliphatic rings. The Morgan fingerprint density at radius 2 is 1.85 bits per heavy atom. The largest absolute Gasteiger partial charge is 0.144 e. The van der Waals surface area contributed by atoms with Gasteiger partial charge in [-0.25, -0.2) is 0 Å². The van der Waals surface area contributed by atoms with Crippen molar-refractivity contribution in [3.63, 3.8) is 0 Å². The molecule has 0 bridgehead atoms. The van der Waals surface area contributed by atoms with Gasteiger partial charge in [0.25, 0.3) is 0 Å². The molecule has 1 heterocycles. The van der Waals surface area contributed by atoms with Gasteiger partial charge in [0.15, 0.2) is 0 Å². The van der Waals surface area contributed by atoms with Crippen molar-refractivity contribution in [2.45, 2.75) is 38.4 Å². The molecular formula is C9H15BrN2S. The molecule has 2 nitrogen and oxygen atoms in total. The van der Waals surface area contributed by atoms with Crippen molar-refractivity contribution in [1.82, 2.24) is 10.2 Å². The smallest absolute Gasteiger partial charge is 0.121 e. The predicted molar refractivity (Wildman–Crippen MR) is 60.6 cm³/mol. The van der Waals surface area contributed by atoms with E-state index in [0.717, 1.165) is 10.0 Å². The second-order valence-electron chi connectivity index (χ2n) is 3.61. The summed E-state index contributed by atoms with van der Waals surface area (Å²) < 4.78 is 0. The van der Waals surface area contributed by atoms with E-state index in [2.05, 4.69) is 46.9 Å². The fourth-order valence-electron chi connectivity index (χ4n) is 1.46. The van der Waals surface area contributed by atoms with Crippen LogP contribution in [0.2, 0.25) is 0 Å². The molecule has 0 spiro atoms. The number of hydrogen-bond acceptors (Lipinski definition) is 3. The SMILES string of the molecule is Cc1nnc(C(C(C)C)C(C)Br)s1. The van der Waals surface area contributed by atoms with E-state index in [1.54, 1.807) is 11.3 Å². The maximum absolute atomic E-state index is 4.20. The van der Waals surface area contributed by atoms with Crippen molar-refractivity contribution < 1.29 is 0 Å². The number of aromatic nitrogens is 2. The highest BCUT2D eigenvalue weighted by Crippen LogP contribution is 2.33. The summed E-state index contributed by atoms with van der Waals surface area (Å²) in [4.78, 5) is 0.458. The van der Waals surface area contributed by atoms with Crippen LogP contribution in [-0.4, -0.2) is 15.0 Å². The van der Waals surface area contributed by atoms with Gasteiger partial charge in [-0.2, -0.15) is 0 Å². The van der Waals surface area contributed by atoms with E-state index in [1.807, 2.05) is 6.92 Å². The van der Waals surface area contributed by atoms with Crippen molar-refractivity contribution in [3.8, 4) is 0 Å². The van der Waals surface area contributed by atoms with Crippen LogP contribution in [0.15, 0.2) is 0 Å². The highest BCUT2D eigenvalue weighted by Gasteiger charge is 2.24. The van der Waals surface area contributed by atoms with Gasteiger partial charge in [-0.3, -0.25) is 0 Å². The summed E-state index contributed by atoms with van der Waals surface area (Å²) in [6.45, 7) is 8.61. The van der Waals surface area contributed by atoms with Crippen molar-refractivity contribution >= 4 is 27.3 Å². The van der Waals surface area contributed by atoms with Crippen LogP contribution >= 0.6 is 27.3 Å². The van der Waals surface area contributed by atoms with E-state index in [-0.39, 0.29) is 0 Å². The lowest BCUT2D eigenvalue weighted by atomic mass is 9.94. The number of alkyl halides is 1. The number of halogens is 1. The molecule has 0 N–H and O–H groups in total. The average molecular weight is 263 g/mol. The maximum Gasteiger partial charge on any atom is 0.121 e. The molecule has 74 valence electrons. The zero-order valence-corrected chi connectivity index (χ0v) is 10.8. The Morgan fingerprint density at radius 3 is 2.15 bits per heavy atom. The first-order chi connectivity index (χ1) is 6.02. The Labute approximate surface area is 91.9 Å². The molecule has 1 aromatic heterocycles. The van der Waals surface area contributed by atoms with Crippen molar-refractivity contribution in [2.24, 2.45) is 5.92 Å². The van der Waals surface area contributed by atoms with Gasteiger partial charge in [0, 0.05) is 10.7 Å². The molecule has 2 atom stereocenters. The standard InChI is InChI=1S/C9H15BrN2S/c1-5(2)8(6(3)10)9-12-11-7(4)13-9/h5-6,8H,1-4H3. The van der Waals surface area contributed by atoms with Gasteiger partial charge < -0.3 is 0 Å². The summed E-state index contributed by atoms with van der Waals surface area (Å²) in [5.74, 6) is 1.08. The van der Waals surface area contributed by atoms with Crippen LogP contribution in [0.5, 0.6) is 0 Å². The average Bonchev–Trinajstić information content (AvgIpc) is 2.34. The molecule has 0 aromatic carbocycles. The Hall–Kier alpha value is 0.0400. The van der Waals surface area contributed by atoms with E-state index in [4.69, 9.17) is 0 Å². The summed E-state index contributed by atoms with van der Waals surface area (Å²) >= 11 is 5.33. The summed E-state index contributed by atoms with van der Waals surface area (Å²) in [5, 5.41) is 10.4. The second kappa shape index (κ2) is 4.51. The van der Waals surface area contributed by atoms with Crippen LogP contribution in [0.25, 0.3) is 0 Å². The molecule has 0 aliphatic carbocycles. The molecule has 0 saturated heterocycles. The van der Waals surface area contributed by atoms with E-state index < -0.39 is 0 Å². The molecule has 2 unspecified atom stereocenters. The van der Waals surface area contributed by atoms with Crippen molar-refractivity contribution in [1.29, 1.82) is 0 Å². The molecule has 13 heavy (non-hydrogen) atoms. The Kier molecular flexibility index (Phi) is 3.86. The first-order valence-electron chi connectivity index (χ1n) is 4.46. The minimum Gasteiger partial charge on any atom is -0.144 e. The predicted octanol–water partition coefficient (Wildman–Crippen LogP) is 3.37. The van der Waals surface area contributed by atoms with Gasteiger partial charge in [0.1, 0.15) is 10.0 Å². The van der Waals surface area contributed by atoms with E-state index in [9.17, 15) is 0 Å². The molecule has 0 radical (unpaired) electrons. The second-order valence-corrected chi connectivity index (χ2v) is 6.26. The van der Waals surface area contributed by atoms with Gasteiger partial charge >= 0.3 is 0 Å². The topological polar surface area (TPSA) is 25.8 Å². The van der Waals surface area contributed by atoms with Gasteiger partial charge in [-0.15, -0.1) is 21.5 Å². The highest BCUT2D eigenvalue weighted by atomic mass is 79.9. The van der Waals surface area contributed by atoms with Crippen molar-refractivity contribution in [3.05, 3.63) is 10.0 Å². The van der Waals surface area contributed by atoms with E-state index in [0.29, 0.717) is 16.7 Å². The van der Waals surface area contributed by atoms with Crippen LogP contribution in [-0.2, 0) is 0 Å². The lowest BCUT2D eigenvalue weighted by Crippen LogP contribution is -2.15. The Bertz CT molecular complexity index is 262. The fraction of sp³-hybridized carbons (Fsp3) is 0.778. The third-order valence-electron chi connectivity index (χ3n) is 2.04. The number of rotatable bonds is 3. The minimum atomic E-state index is 0.458. The first kappa shape index (κ1) is 11.1. The number of aryl methyl sites for hydroxylation is 1. The third-order valence-corrected chi connectivity index (χ3v) is 3.55. The van der Waals surface area contributed by atoms with Crippen molar-refractivity contribution in [2.75, 3.05) is 0 Å². The lowest BCUT2D eigenvalue weighted by molar-refractivity contribution is 0.493. The molecule has 0 saturated carbocycles. The first-order valence-corrected chi connectivity index (χ1v) is 6.19. The molecule has 1 rings (SSSR count). The number of hydrogen-bond donors (Lipinski definition) is 0. The van der Waals surface area contributed by atoms with Crippen LogP contribution in [0.1, 0.15) is 36.7 Å². The third kappa shape index (κ3) is 2.74. The number of nitrogens with zero attached hydrogens (tertiary/aromatic N) is 2. The monoisotopic (exact) mass is 262 g/mol. The van der Waals surface area contributed by atoms with Gasteiger partial charge in [0.2, 0.25) is 0 Å². The summed E-state index contributed by atoms with van der Waals surface area (Å²) in [6, 6.07) is 0. The summed E-state index contributed by atoms with van der Waals surface area (Å²) in [5.41, 5.74) is 0. The van der Waals surface area contributed by atoms with Crippen LogP contribution in [0.4, 0.5) is 0 Å². The van der Waals surface area contributed by atoms with Gasteiger partial charge in [0.05, 0.1) is 0 Å².